The van der Waals surface area contributed by atoms with E-state index in [2.05, 4.69) is 62.5 Å². The van der Waals surface area contributed by atoms with Crippen LogP contribution in [0, 0.1) is 5.92 Å². The zero-order valence-corrected chi connectivity index (χ0v) is 35.2. The van der Waals surface area contributed by atoms with Crippen molar-refractivity contribution in [3.63, 3.8) is 0 Å². The molecule has 0 radical (unpaired) electrons. The van der Waals surface area contributed by atoms with Crippen molar-refractivity contribution in [2.45, 2.75) is 174 Å². The fourth-order valence-electron chi connectivity index (χ4n) is 5.64. The fraction of sp³-hybridized carbons (Fsp3) is 0.761. The molecule has 0 aromatic carbocycles. The number of carbonyl (C=O) groups excluding carboxylic acids is 3. The second-order valence-corrected chi connectivity index (χ2v) is 14.8. The lowest BCUT2D eigenvalue weighted by molar-refractivity contribution is -0.150. The Morgan fingerprint density at radius 2 is 0.852 bits per heavy atom. The number of carbonyl (C=O) groups is 3. The van der Waals surface area contributed by atoms with Gasteiger partial charge in [-0.3, -0.25) is 9.59 Å². The molecule has 0 N–H and O–H groups in total. The van der Waals surface area contributed by atoms with Gasteiger partial charge in [-0.1, -0.05) is 127 Å². The van der Waals surface area contributed by atoms with Gasteiger partial charge in [0.05, 0.1) is 12.5 Å². The van der Waals surface area contributed by atoms with E-state index in [1.807, 2.05) is 19.0 Å². The Kier molecular flexibility index (Phi) is 39.1. The average molecular weight is 760 g/mol. The van der Waals surface area contributed by atoms with Gasteiger partial charge in [-0.15, -0.1) is 0 Å². The lowest BCUT2D eigenvalue weighted by Crippen LogP contribution is -2.27. The molecule has 0 saturated carbocycles. The molecule has 0 aromatic heterocycles. The van der Waals surface area contributed by atoms with Crippen LogP contribution in [0.25, 0.3) is 0 Å². The third kappa shape index (κ3) is 40.3. The summed E-state index contributed by atoms with van der Waals surface area (Å²) in [7, 11) is 3.91. The minimum absolute atomic E-state index is 0.0178. The highest BCUT2D eigenvalue weighted by Crippen LogP contribution is 2.12. The molecular formula is C46H81NO7. The number of hydrogen-bond donors (Lipinski definition) is 0. The summed E-state index contributed by atoms with van der Waals surface area (Å²) >= 11 is 0. The molecule has 8 nitrogen and oxygen atoms in total. The van der Waals surface area contributed by atoms with E-state index in [9.17, 15) is 14.4 Å². The highest BCUT2D eigenvalue weighted by Gasteiger charge is 2.18. The van der Waals surface area contributed by atoms with Crippen LogP contribution in [0.15, 0.2) is 48.6 Å². The van der Waals surface area contributed by atoms with Gasteiger partial charge in [0.2, 0.25) is 0 Å². The standard InChI is InChI=1S/C46H81NO7/c1-5-7-9-11-13-15-17-19-21-23-25-27-29-31-33-36-44(48)52-40-43(42-54-46(50)51-39-35-38-47(3)4)41-53-45(49)37-34-32-30-28-26-24-22-20-18-16-14-12-10-8-6-2/h13-16,19-22,43H,5-12,17-18,23-42H2,1-4H3. The van der Waals surface area contributed by atoms with Crippen molar-refractivity contribution >= 4 is 18.1 Å². The summed E-state index contributed by atoms with van der Waals surface area (Å²) in [6, 6.07) is 0. The first-order valence-electron chi connectivity index (χ1n) is 21.7. The van der Waals surface area contributed by atoms with E-state index in [1.54, 1.807) is 0 Å². The quantitative estimate of drug-likeness (QED) is 0.0266. The molecule has 0 aliphatic rings. The van der Waals surface area contributed by atoms with Crippen LogP contribution in [0.5, 0.6) is 0 Å². The number of unbranched alkanes of at least 4 members (excludes halogenated alkanes) is 16. The van der Waals surface area contributed by atoms with Gasteiger partial charge in [-0.2, -0.15) is 0 Å². The maximum Gasteiger partial charge on any atom is 0.508 e. The summed E-state index contributed by atoms with van der Waals surface area (Å²) in [4.78, 5) is 39.1. The number of nitrogens with zero attached hydrogens (tertiary/aromatic N) is 1. The lowest BCUT2D eigenvalue weighted by Gasteiger charge is -2.17. The van der Waals surface area contributed by atoms with Gasteiger partial charge in [0.25, 0.3) is 0 Å². The summed E-state index contributed by atoms with van der Waals surface area (Å²) in [5.41, 5.74) is 0. The SMILES string of the molecule is CCCCCC=CCC=CCCCCCCCC(=O)OCC(COC(=O)CCCCCCCC=CCC=CCCCCC)COC(=O)OCCCN(C)C. The van der Waals surface area contributed by atoms with Crippen molar-refractivity contribution < 1.29 is 33.3 Å². The third-order valence-electron chi connectivity index (χ3n) is 9.03. The average Bonchev–Trinajstić information content (AvgIpc) is 3.16. The van der Waals surface area contributed by atoms with Gasteiger partial charge >= 0.3 is 18.1 Å². The van der Waals surface area contributed by atoms with Crippen LogP contribution in [0.1, 0.15) is 174 Å². The van der Waals surface area contributed by atoms with E-state index in [0.717, 1.165) is 96.4 Å². The zero-order chi connectivity index (χ0) is 39.6. The Morgan fingerprint density at radius 1 is 0.463 bits per heavy atom. The Morgan fingerprint density at radius 3 is 1.28 bits per heavy atom. The van der Waals surface area contributed by atoms with Crippen molar-refractivity contribution in [1.29, 1.82) is 0 Å². The number of esters is 2. The minimum atomic E-state index is -0.772. The molecule has 0 aliphatic carbocycles. The van der Waals surface area contributed by atoms with Crippen LogP contribution in [0.3, 0.4) is 0 Å². The molecule has 0 aromatic rings. The van der Waals surface area contributed by atoms with E-state index < -0.39 is 12.1 Å². The van der Waals surface area contributed by atoms with Gasteiger partial charge in [-0.25, -0.2) is 4.79 Å². The summed E-state index contributed by atoms with van der Waals surface area (Å²) in [6.45, 7) is 5.50. The molecule has 0 aliphatic heterocycles. The number of rotatable bonds is 38. The predicted octanol–water partition coefficient (Wildman–Crippen LogP) is 12.4. The Labute approximate surface area is 331 Å². The van der Waals surface area contributed by atoms with Gasteiger partial charge in [0.1, 0.15) is 19.8 Å². The molecule has 0 heterocycles. The summed E-state index contributed by atoms with van der Waals surface area (Å²) in [6.07, 6.45) is 43.4. The Hall–Kier alpha value is -2.87. The van der Waals surface area contributed by atoms with Crippen LogP contribution < -0.4 is 0 Å². The van der Waals surface area contributed by atoms with Crippen molar-refractivity contribution in [2.75, 3.05) is 47.1 Å². The lowest BCUT2D eigenvalue weighted by atomic mass is 10.1. The second kappa shape index (κ2) is 41.3. The first-order valence-corrected chi connectivity index (χ1v) is 21.7. The van der Waals surface area contributed by atoms with Gasteiger partial charge in [0, 0.05) is 19.4 Å². The minimum Gasteiger partial charge on any atom is -0.465 e. The maximum atomic E-state index is 12.5. The van der Waals surface area contributed by atoms with Crippen LogP contribution in [0.2, 0.25) is 0 Å². The van der Waals surface area contributed by atoms with Crippen molar-refractivity contribution in [3.8, 4) is 0 Å². The topological polar surface area (TPSA) is 91.4 Å². The summed E-state index contributed by atoms with van der Waals surface area (Å²) in [5.74, 6) is -1.02. The monoisotopic (exact) mass is 760 g/mol. The largest absolute Gasteiger partial charge is 0.508 e. The molecule has 8 heteroatoms. The van der Waals surface area contributed by atoms with Gasteiger partial charge in [-0.05, 0) is 97.6 Å². The molecule has 0 unspecified atom stereocenters. The molecule has 0 rings (SSSR count). The Balaban J connectivity index is 4.28. The van der Waals surface area contributed by atoms with Crippen LogP contribution in [0.4, 0.5) is 4.79 Å². The van der Waals surface area contributed by atoms with Crippen molar-refractivity contribution in [2.24, 2.45) is 5.92 Å². The van der Waals surface area contributed by atoms with Crippen molar-refractivity contribution in [3.05, 3.63) is 48.6 Å². The van der Waals surface area contributed by atoms with Gasteiger partial charge < -0.3 is 23.8 Å². The molecule has 0 spiro atoms. The van der Waals surface area contributed by atoms with E-state index in [0.29, 0.717) is 19.3 Å². The molecule has 0 saturated heterocycles. The summed E-state index contributed by atoms with van der Waals surface area (Å²) in [5, 5.41) is 0. The van der Waals surface area contributed by atoms with Crippen LogP contribution in [-0.4, -0.2) is 70.1 Å². The van der Waals surface area contributed by atoms with Crippen molar-refractivity contribution in [1.82, 2.24) is 4.90 Å². The Bertz CT molecular complexity index is 926. The highest BCUT2D eigenvalue weighted by atomic mass is 16.7. The van der Waals surface area contributed by atoms with E-state index in [4.69, 9.17) is 18.9 Å². The normalized spacial score (nSPS) is 12.5. The first kappa shape index (κ1) is 51.1. The second-order valence-electron chi connectivity index (χ2n) is 14.8. The smallest absolute Gasteiger partial charge is 0.465 e. The van der Waals surface area contributed by atoms with E-state index in [-0.39, 0.29) is 38.4 Å². The fourth-order valence-corrected chi connectivity index (χ4v) is 5.64. The zero-order valence-electron chi connectivity index (χ0n) is 35.2. The predicted molar refractivity (Wildman–Crippen MR) is 225 cm³/mol. The van der Waals surface area contributed by atoms with E-state index >= 15 is 0 Å². The third-order valence-corrected chi connectivity index (χ3v) is 9.03. The molecule has 0 fully saturated rings. The summed E-state index contributed by atoms with van der Waals surface area (Å²) < 4.78 is 21.5. The molecule has 0 atom stereocenters. The first-order chi connectivity index (χ1) is 26.4. The highest BCUT2D eigenvalue weighted by molar-refractivity contribution is 5.69. The number of allylic oxidation sites excluding steroid dienone is 8. The maximum absolute atomic E-state index is 12.5. The van der Waals surface area contributed by atoms with E-state index in [1.165, 1.54) is 51.4 Å². The molecule has 0 amide bonds. The van der Waals surface area contributed by atoms with Crippen LogP contribution in [-0.2, 0) is 28.5 Å². The molecule has 0 bridgehead atoms. The molecular weight excluding hydrogens is 679 g/mol. The number of hydrogen-bond acceptors (Lipinski definition) is 8. The van der Waals surface area contributed by atoms with Gasteiger partial charge in [0.15, 0.2) is 0 Å². The molecule has 312 valence electrons. The van der Waals surface area contributed by atoms with Crippen LogP contribution >= 0.6 is 0 Å². The molecule has 54 heavy (non-hydrogen) atoms. The number of ether oxygens (including phenoxy) is 4.